The van der Waals surface area contributed by atoms with Crippen molar-refractivity contribution in [3.05, 3.63) is 150 Å². The average molecular weight is 768 g/mol. The third kappa shape index (κ3) is 13.0. The lowest BCUT2D eigenvalue weighted by molar-refractivity contribution is 0.295. The third-order valence-corrected chi connectivity index (χ3v) is 10.1. The van der Waals surface area contributed by atoms with Gasteiger partial charge in [-0.1, -0.05) is 157 Å². The molecular formula is C53H57N3O2. The average Bonchev–Trinajstić information content (AvgIpc) is 3.28. The van der Waals surface area contributed by atoms with Gasteiger partial charge >= 0.3 is 0 Å². The van der Waals surface area contributed by atoms with Crippen molar-refractivity contribution in [2.75, 3.05) is 13.2 Å². The summed E-state index contributed by atoms with van der Waals surface area (Å²) in [5, 5.41) is 0. The Kier molecular flexibility index (Phi) is 16.7. The number of ether oxygens (including phenoxy) is 2. The second-order valence-corrected chi connectivity index (χ2v) is 14.7. The van der Waals surface area contributed by atoms with Gasteiger partial charge in [-0.05, 0) is 84.1 Å². The maximum absolute atomic E-state index is 6.52. The van der Waals surface area contributed by atoms with Gasteiger partial charge in [-0.2, -0.15) is 0 Å². The van der Waals surface area contributed by atoms with E-state index >= 15 is 0 Å². The summed E-state index contributed by atoms with van der Waals surface area (Å²) in [6.07, 6.45) is 22.4. The number of rotatable bonds is 21. The Morgan fingerprint density at radius 2 is 1.05 bits per heavy atom. The van der Waals surface area contributed by atoms with Crippen molar-refractivity contribution in [1.82, 2.24) is 15.0 Å². The van der Waals surface area contributed by atoms with E-state index < -0.39 is 0 Å². The molecular weight excluding hydrogens is 711 g/mol. The van der Waals surface area contributed by atoms with Crippen LogP contribution in [0.2, 0.25) is 0 Å². The molecule has 0 aliphatic carbocycles. The fraction of sp³-hybridized carbons (Fsp3) is 0.302. The van der Waals surface area contributed by atoms with E-state index in [1.165, 1.54) is 57.8 Å². The van der Waals surface area contributed by atoms with Gasteiger partial charge in [0, 0.05) is 29.6 Å². The highest BCUT2D eigenvalue weighted by molar-refractivity contribution is 5.76. The van der Waals surface area contributed by atoms with Gasteiger partial charge in [0.1, 0.15) is 11.5 Å². The molecule has 0 spiro atoms. The van der Waals surface area contributed by atoms with Gasteiger partial charge in [-0.25, -0.2) is 4.98 Å². The molecule has 0 amide bonds. The summed E-state index contributed by atoms with van der Waals surface area (Å²) >= 11 is 0. The number of nitrogens with zero attached hydrogens (tertiary/aromatic N) is 3. The van der Waals surface area contributed by atoms with Gasteiger partial charge in [0.25, 0.3) is 0 Å². The van der Waals surface area contributed by atoms with Crippen LogP contribution in [-0.4, -0.2) is 28.2 Å². The number of unbranched alkanes of at least 4 members (excludes halogenated alkanes) is 10. The molecule has 6 rings (SSSR count). The van der Waals surface area contributed by atoms with Crippen molar-refractivity contribution in [2.45, 2.75) is 90.9 Å². The minimum absolute atomic E-state index is 0.655. The van der Waals surface area contributed by atoms with Crippen molar-refractivity contribution < 1.29 is 9.47 Å². The molecule has 5 nitrogen and oxygen atoms in total. The predicted octanol–water partition coefficient (Wildman–Crippen LogP) is 13.9. The topological polar surface area (TPSA) is 57.1 Å². The van der Waals surface area contributed by atoms with Crippen LogP contribution in [0.1, 0.15) is 113 Å². The highest BCUT2D eigenvalue weighted by Crippen LogP contribution is 2.32. The predicted molar refractivity (Wildman–Crippen MR) is 242 cm³/mol. The molecule has 3 heterocycles. The second-order valence-electron chi connectivity index (χ2n) is 14.7. The molecule has 0 saturated heterocycles. The Labute approximate surface area is 346 Å². The van der Waals surface area contributed by atoms with Crippen LogP contribution in [0.25, 0.3) is 46.1 Å². The van der Waals surface area contributed by atoms with Crippen molar-refractivity contribution in [3.63, 3.8) is 0 Å². The largest absolute Gasteiger partial charge is 0.493 e. The smallest absolute Gasteiger partial charge is 0.135 e. The van der Waals surface area contributed by atoms with Crippen LogP contribution >= 0.6 is 0 Å². The monoisotopic (exact) mass is 767 g/mol. The first-order valence-electron chi connectivity index (χ1n) is 21.3. The number of hydrogen-bond donors (Lipinski definition) is 0. The summed E-state index contributed by atoms with van der Waals surface area (Å²) in [7, 11) is 0. The highest BCUT2D eigenvalue weighted by Gasteiger charge is 2.13. The fourth-order valence-electron chi connectivity index (χ4n) is 6.80. The molecule has 0 bridgehead atoms. The molecule has 0 fully saturated rings. The molecule has 0 radical (unpaired) electrons. The molecule has 0 unspecified atom stereocenters. The van der Waals surface area contributed by atoms with Gasteiger partial charge in [0.15, 0.2) is 0 Å². The summed E-state index contributed by atoms with van der Waals surface area (Å²) in [4.78, 5) is 14.1. The maximum atomic E-state index is 6.52. The first-order valence-corrected chi connectivity index (χ1v) is 21.3. The molecule has 3 aromatic heterocycles. The minimum Gasteiger partial charge on any atom is -0.493 e. The Balaban J connectivity index is 1.28. The van der Waals surface area contributed by atoms with E-state index in [0.29, 0.717) is 13.2 Å². The molecule has 5 heteroatoms. The lowest BCUT2D eigenvalue weighted by Gasteiger charge is -2.15. The molecule has 296 valence electrons. The van der Waals surface area contributed by atoms with Crippen molar-refractivity contribution in [2.24, 2.45) is 0 Å². The van der Waals surface area contributed by atoms with E-state index in [9.17, 15) is 0 Å². The Bertz CT molecular complexity index is 2150. The fourth-order valence-corrected chi connectivity index (χ4v) is 6.80. The zero-order valence-electron chi connectivity index (χ0n) is 34.3. The summed E-state index contributed by atoms with van der Waals surface area (Å²) in [6, 6.07) is 38.9. The molecule has 0 aliphatic rings. The standard InChI is InChI=1S/C53H57N3O2/c1-3-5-7-9-11-20-36-57-52-41-46(53(58-37-21-12-10-8-6-4-2)40-45(52)32-28-42-22-14-13-15-23-42)33-29-43-26-30-44(31-27-43)47-38-50(48-24-16-18-34-54-48)56-51(39-47)49-25-17-19-35-55-49/h13-19,22-28,30-32,34-35,38-41H,3-12,20-21,36-37H2,1-2H3/b32-28+. The molecule has 6 aromatic rings. The number of hydrogen-bond acceptors (Lipinski definition) is 5. The van der Waals surface area contributed by atoms with Crippen molar-refractivity contribution in [1.29, 1.82) is 0 Å². The van der Waals surface area contributed by atoms with Gasteiger partial charge in [0.05, 0.1) is 41.6 Å². The summed E-state index contributed by atoms with van der Waals surface area (Å²) in [5.74, 6) is 8.54. The lowest BCUT2D eigenvalue weighted by Crippen LogP contribution is -2.03. The van der Waals surface area contributed by atoms with Crippen LogP contribution in [0.15, 0.2) is 128 Å². The molecule has 58 heavy (non-hydrogen) atoms. The lowest BCUT2D eigenvalue weighted by atomic mass is 10.0. The van der Waals surface area contributed by atoms with Crippen LogP contribution in [0.3, 0.4) is 0 Å². The van der Waals surface area contributed by atoms with Crippen LogP contribution in [0.4, 0.5) is 0 Å². The van der Waals surface area contributed by atoms with Crippen molar-refractivity contribution in [3.8, 4) is 57.2 Å². The zero-order valence-corrected chi connectivity index (χ0v) is 34.3. The van der Waals surface area contributed by atoms with Crippen LogP contribution in [0.5, 0.6) is 11.5 Å². The molecule has 0 aliphatic heterocycles. The zero-order chi connectivity index (χ0) is 40.0. The van der Waals surface area contributed by atoms with Crippen molar-refractivity contribution >= 4 is 12.2 Å². The second kappa shape index (κ2) is 23.3. The number of pyridine rings is 3. The van der Waals surface area contributed by atoms with E-state index in [1.54, 1.807) is 12.4 Å². The molecule has 0 N–H and O–H groups in total. The Hall–Kier alpha value is -5.99. The van der Waals surface area contributed by atoms with Crippen LogP contribution in [0, 0.1) is 11.8 Å². The van der Waals surface area contributed by atoms with Gasteiger partial charge in [0.2, 0.25) is 0 Å². The van der Waals surface area contributed by atoms with E-state index in [1.807, 2.05) is 42.5 Å². The molecule has 0 saturated carbocycles. The van der Waals surface area contributed by atoms with Crippen LogP contribution < -0.4 is 9.47 Å². The first-order chi connectivity index (χ1) is 28.7. The van der Waals surface area contributed by atoms with E-state index in [2.05, 4.69) is 121 Å². The summed E-state index contributed by atoms with van der Waals surface area (Å²) in [6.45, 7) is 5.84. The van der Waals surface area contributed by atoms with Gasteiger partial charge in [-0.3, -0.25) is 9.97 Å². The number of aromatic nitrogens is 3. The minimum atomic E-state index is 0.655. The van der Waals surface area contributed by atoms with E-state index in [-0.39, 0.29) is 0 Å². The normalized spacial score (nSPS) is 11.0. The molecule has 0 atom stereocenters. The molecule has 3 aromatic carbocycles. The SMILES string of the molecule is CCCCCCCCOc1cc(/C=C/c2ccccc2)c(OCCCCCCCC)cc1C#Cc1ccc(-c2cc(-c3ccccn3)nc(-c3ccccn3)c2)cc1. The Morgan fingerprint density at radius 3 is 1.64 bits per heavy atom. The summed E-state index contributed by atoms with van der Waals surface area (Å²) in [5.41, 5.74) is 9.20. The quantitative estimate of drug-likeness (QED) is 0.0415. The maximum Gasteiger partial charge on any atom is 0.135 e. The third-order valence-electron chi connectivity index (χ3n) is 10.1. The summed E-state index contributed by atoms with van der Waals surface area (Å²) < 4.78 is 13.0. The first kappa shape index (κ1) is 41.6. The van der Waals surface area contributed by atoms with Crippen LogP contribution in [-0.2, 0) is 0 Å². The number of benzene rings is 3. The highest BCUT2D eigenvalue weighted by atomic mass is 16.5. The Morgan fingerprint density at radius 1 is 0.483 bits per heavy atom. The van der Waals surface area contributed by atoms with E-state index in [4.69, 9.17) is 14.5 Å². The van der Waals surface area contributed by atoms with E-state index in [0.717, 1.165) is 86.9 Å². The van der Waals surface area contributed by atoms with Gasteiger partial charge in [-0.15, -0.1) is 0 Å². The van der Waals surface area contributed by atoms with Gasteiger partial charge < -0.3 is 9.47 Å².